The Kier molecular flexibility index (Phi) is 6.85. The zero-order valence-corrected chi connectivity index (χ0v) is 7.70. The summed E-state index contributed by atoms with van der Waals surface area (Å²) in [6.45, 7) is 7.53. The molecule has 0 spiro atoms. The molecule has 12 heavy (non-hydrogen) atoms. The average molecular weight is 161 g/mol. The number of allylic oxidation sites excluding steroid dienone is 6. The van der Waals surface area contributed by atoms with Gasteiger partial charge in [0.15, 0.2) is 0 Å². The lowest BCUT2D eigenvalue weighted by atomic mass is 10.2. The highest BCUT2D eigenvalue weighted by Crippen LogP contribution is 1.93. The topological polar surface area (TPSA) is 12.4 Å². The van der Waals surface area contributed by atoms with Gasteiger partial charge in [-0.1, -0.05) is 37.0 Å². The molecule has 0 amide bonds. The predicted molar refractivity (Wildman–Crippen MR) is 56.4 cm³/mol. The van der Waals surface area contributed by atoms with Crippen LogP contribution in [0.3, 0.4) is 0 Å². The molecule has 0 rings (SSSR count). The van der Waals surface area contributed by atoms with Gasteiger partial charge in [0.05, 0.1) is 0 Å². The van der Waals surface area contributed by atoms with E-state index in [0.717, 1.165) is 5.57 Å². The fraction of sp³-hybridized carbons (Fsp3) is 0.182. The van der Waals surface area contributed by atoms with E-state index in [1.807, 2.05) is 38.2 Å². The summed E-state index contributed by atoms with van der Waals surface area (Å²) in [6.07, 6.45) is 13.0. The smallest absolute Gasteiger partial charge is 0.0340 e. The van der Waals surface area contributed by atoms with E-state index in [0.29, 0.717) is 0 Å². The van der Waals surface area contributed by atoms with E-state index in [4.69, 9.17) is 0 Å². The van der Waals surface area contributed by atoms with Crippen LogP contribution < -0.4 is 0 Å². The van der Waals surface area contributed by atoms with Crippen LogP contribution in [0.5, 0.6) is 0 Å². The Morgan fingerprint density at radius 3 is 2.50 bits per heavy atom. The lowest BCUT2D eigenvalue weighted by Crippen LogP contribution is -1.77. The first kappa shape index (κ1) is 10.6. The fourth-order valence-corrected chi connectivity index (χ4v) is 0.685. The molecule has 0 fully saturated rings. The van der Waals surface area contributed by atoms with Crippen molar-refractivity contribution in [1.29, 1.82) is 0 Å². The van der Waals surface area contributed by atoms with Crippen LogP contribution in [-0.2, 0) is 0 Å². The molecule has 0 bridgehead atoms. The number of rotatable bonds is 4. The maximum Gasteiger partial charge on any atom is 0.0340 e. The highest BCUT2D eigenvalue weighted by molar-refractivity contribution is 5.83. The summed E-state index contributed by atoms with van der Waals surface area (Å²) in [7, 11) is 0. The molecule has 0 aromatic rings. The molecule has 0 saturated heterocycles. The number of nitrogens with zero attached hydrogens (tertiary/aromatic N) is 1. The summed E-state index contributed by atoms with van der Waals surface area (Å²) in [4.78, 5) is 4.05. The summed E-state index contributed by atoms with van der Waals surface area (Å²) >= 11 is 0. The summed E-state index contributed by atoms with van der Waals surface area (Å²) in [5.41, 5.74) is 1.05. The summed E-state index contributed by atoms with van der Waals surface area (Å²) in [5.74, 6) is 0. The molecule has 0 aliphatic heterocycles. The molecule has 0 aliphatic carbocycles. The van der Waals surface area contributed by atoms with Crippen LogP contribution in [0.25, 0.3) is 0 Å². The van der Waals surface area contributed by atoms with Crippen LogP contribution >= 0.6 is 0 Å². The Hall–Kier alpha value is -1.37. The van der Waals surface area contributed by atoms with Crippen molar-refractivity contribution in [3.05, 3.63) is 48.7 Å². The first-order valence-corrected chi connectivity index (χ1v) is 3.95. The second kappa shape index (κ2) is 7.73. The van der Waals surface area contributed by atoms with Gasteiger partial charge in [0, 0.05) is 12.4 Å². The molecule has 0 radical (unpaired) electrons. The Morgan fingerprint density at radius 1 is 1.25 bits per heavy atom. The van der Waals surface area contributed by atoms with E-state index < -0.39 is 0 Å². The standard InChI is InChI=1S/C11H15N/c1-4-7-11(8-5-2)10-12-9-6-3/h4-10H,1H2,2-3H3/b8-5-,9-6+,11-7+,12-10+. The van der Waals surface area contributed by atoms with Gasteiger partial charge in [0.25, 0.3) is 0 Å². The SMILES string of the molecule is C=C/C=C(\C=C/C)/C=N/C=C/C. The van der Waals surface area contributed by atoms with Gasteiger partial charge in [0.1, 0.15) is 0 Å². The molecular weight excluding hydrogens is 146 g/mol. The third-order valence-corrected chi connectivity index (χ3v) is 1.13. The lowest BCUT2D eigenvalue weighted by molar-refractivity contribution is 1.53. The molecule has 0 aromatic carbocycles. The highest BCUT2D eigenvalue weighted by atomic mass is 14.7. The van der Waals surface area contributed by atoms with Gasteiger partial charge in [-0.05, 0) is 19.4 Å². The van der Waals surface area contributed by atoms with Crippen molar-refractivity contribution in [1.82, 2.24) is 0 Å². The zero-order chi connectivity index (χ0) is 9.23. The second-order valence-corrected chi connectivity index (χ2v) is 2.16. The van der Waals surface area contributed by atoms with Crippen LogP contribution in [0.4, 0.5) is 0 Å². The molecule has 64 valence electrons. The van der Waals surface area contributed by atoms with E-state index in [-0.39, 0.29) is 0 Å². The normalized spacial score (nSPS) is 13.7. The summed E-state index contributed by atoms with van der Waals surface area (Å²) in [5, 5.41) is 0. The zero-order valence-electron chi connectivity index (χ0n) is 7.70. The minimum absolute atomic E-state index is 1.05. The van der Waals surface area contributed by atoms with Gasteiger partial charge in [-0.3, -0.25) is 4.99 Å². The molecule has 0 saturated carbocycles. The molecule has 0 unspecified atom stereocenters. The van der Waals surface area contributed by atoms with Gasteiger partial charge in [0.2, 0.25) is 0 Å². The van der Waals surface area contributed by atoms with Crippen molar-refractivity contribution in [2.75, 3.05) is 0 Å². The van der Waals surface area contributed by atoms with E-state index in [2.05, 4.69) is 11.6 Å². The van der Waals surface area contributed by atoms with Crippen LogP contribution in [0.1, 0.15) is 13.8 Å². The van der Waals surface area contributed by atoms with Gasteiger partial charge in [-0.2, -0.15) is 0 Å². The third-order valence-electron chi connectivity index (χ3n) is 1.13. The molecular formula is C11H15N. The predicted octanol–water partition coefficient (Wildman–Crippen LogP) is 3.28. The van der Waals surface area contributed by atoms with Crippen LogP contribution in [0.15, 0.2) is 53.7 Å². The van der Waals surface area contributed by atoms with Crippen LogP contribution in [-0.4, -0.2) is 6.21 Å². The average Bonchev–Trinajstić information content (AvgIpc) is 2.06. The molecule has 0 atom stereocenters. The van der Waals surface area contributed by atoms with Crippen molar-refractivity contribution in [3.8, 4) is 0 Å². The van der Waals surface area contributed by atoms with Crippen LogP contribution in [0, 0.1) is 0 Å². The molecule has 0 aromatic heterocycles. The molecule has 0 aliphatic rings. The van der Waals surface area contributed by atoms with Crippen molar-refractivity contribution < 1.29 is 0 Å². The van der Waals surface area contributed by atoms with Gasteiger partial charge < -0.3 is 0 Å². The van der Waals surface area contributed by atoms with E-state index in [9.17, 15) is 0 Å². The lowest BCUT2D eigenvalue weighted by Gasteiger charge is -1.87. The van der Waals surface area contributed by atoms with Crippen molar-refractivity contribution in [2.24, 2.45) is 4.99 Å². The van der Waals surface area contributed by atoms with Gasteiger partial charge >= 0.3 is 0 Å². The maximum atomic E-state index is 4.05. The van der Waals surface area contributed by atoms with E-state index >= 15 is 0 Å². The minimum atomic E-state index is 1.05. The maximum absolute atomic E-state index is 4.05. The Balaban J connectivity index is 4.32. The first-order chi connectivity index (χ1) is 5.85. The van der Waals surface area contributed by atoms with Crippen molar-refractivity contribution >= 4 is 6.21 Å². The molecule has 0 N–H and O–H groups in total. The number of aliphatic imine (C=N–C) groups is 1. The van der Waals surface area contributed by atoms with Crippen LogP contribution in [0.2, 0.25) is 0 Å². The largest absolute Gasteiger partial charge is 0.264 e. The Morgan fingerprint density at radius 2 is 2.00 bits per heavy atom. The number of hydrogen-bond donors (Lipinski definition) is 0. The van der Waals surface area contributed by atoms with Crippen molar-refractivity contribution in [3.63, 3.8) is 0 Å². The van der Waals surface area contributed by atoms with Crippen molar-refractivity contribution in [2.45, 2.75) is 13.8 Å². The minimum Gasteiger partial charge on any atom is -0.264 e. The summed E-state index contributed by atoms with van der Waals surface area (Å²) in [6, 6.07) is 0. The quantitative estimate of drug-likeness (QED) is 0.443. The monoisotopic (exact) mass is 161 g/mol. The molecule has 0 heterocycles. The second-order valence-electron chi connectivity index (χ2n) is 2.16. The summed E-state index contributed by atoms with van der Waals surface area (Å²) < 4.78 is 0. The Labute approximate surface area is 74.5 Å². The third kappa shape index (κ3) is 5.42. The van der Waals surface area contributed by atoms with E-state index in [1.54, 1.807) is 18.5 Å². The number of hydrogen-bond acceptors (Lipinski definition) is 1. The van der Waals surface area contributed by atoms with Gasteiger partial charge in [-0.25, -0.2) is 0 Å². The van der Waals surface area contributed by atoms with Gasteiger partial charge in [-0.15, -0.1) is 0 Å². The highest BCUT2D eigenvalue weighted by Gasteiger charge is 1.80. The molecule has 1 nitrogen and oxygen atoms in total. The Bertz CT molecular complexity index is 229. The fourth-order valence-electron chi connectivity index (χ4n) is 0.685. The first-order valence-electron chi connectivity index (χ1n) is 3.95. The molecule has 1 heteroatoms. The van der Waals surface area contributed by atoms with E-state index in [1.165, 1.54) is 0 Å².